The number of benzene rings is 1. The van der Waals surface area contributed by atoms with E-state index in [1.165, 1.54) is 4.57 Å². The highest BCUT2D eigenvalue weighted by atomic mass is 16.4. The fourth-order valence-corrected chi connectivity index (χ4v) is 2.50. The highest BCUT2D eigenvalue weighted by molar-refractivity contribution is 5.75. The second-order valence-corrected chi connectivity index (χ2v) is 5.02. The molecule has 0 bridgehead atoms. The second-order valence-electron chi connectivity index (χ2n) is 5.02. The molecule has 1 saturated carbocycles. The van der Waals surface area contributed by atoms with E-state index in [2.05, 4.69) is 0 Å². The van der Waals surface area contributed by atoms with Crippen LogP contribution >= 0.6 is 0 Å². The van der Waals surface area contributed by atoms with Crippen LogP contribution < -0.4 is 11.5 Å². The summed E-state index contributed by atoms with van der Waals surface area (Å²) in [5.41, 5.74) is 8.06. The molecule has 0 saturated heterocycles. The monoisotopic (exact) mass is 262 g/mol. The van der Waals surface area contributed by atoms with E-state index in [0.717, 1.165) is 5.56 Å². The zero-order valence-corrected chi connectivity index (χ0v) is 10.4. The van der Waals surface area contributed by atoms with Crippen molar-refractivity contribution >= 4 is 17.1 Å². The molecule has 0 amide bonds. The minimum atomic E-state index is -0.798. The molecule has 1 fully saturated rings. The smallest absolute Gasteiger partial charge is 0.419 e. The van der Waals surface area contributed by atoms with Gasteiger partial charge in [0.1, 0.15) is 0 Å². The lowest BCUT2D eigenvalue weighted by Crippen LogP contribution is -2.15. The normalized spacial score (nSPS) is 23.5. The Bertz CT molecular complexity index is 715. The van der Waals surface area contributed by atoms with Gasteiger partial charge in [0, 0.05) is 13.1 Å². The Morgan fingerprint density at radius 3 is 2.95 bits per heavy atom. The van der Waals surface area contributed by atoms with Gasteiger partial charge in [-0.3, -0.25) is 9.36 Å². The van der Waals surface area contributed by atoms with Crippen LogP contribution in [0.15, 0.2) is 27.4 Å². The number of fused-ring (bicyclic) bond motifs is 1. The molecule has 1 aromatic carbocycles. The number of carboxylic acids is 1. The molecule has 0 spiro atoms. The molecule has 3 unspecified atom stereocenters. The van der Waals surface area contributed by atoms with Crippen molar-refractivity contribution in [2.24, 2.45) is 24.6 Å². The van der Waals surface area contributed by atoms with Gasteiger partial charge in [0.2, 0.25) is 0 Å². The lowest BCUT2D eigenvalue weighted by Gasteiger charge is -2.10. The number of oxazole rings is 1. The largest absolute Gasteiger partial charge is 0.481 e. The second kappa shape index (κ2) is 3.96. The molecule has 1 aromatic heterocycles. The summed E-state index contributed by atoms with van der Waals surface area (Å²) in [4.78, 5) is 22.2. The first-order valence-corrected chi connectivity index (χ1v) is 6.07. The van der Waals surface area contributed by atoms with Crippen molar-refractivity contribution in [3.8, 4) is 0 Å². The number of nitrogens with zero attached hydrogens (tertiary/aromatic N) is 1. The van der Waals surface area contributed by atoms with Crippen molar-refractivity contribution in [2.45, 2.75) is 12.5 Å². The number of hydrogen-bond donors (Lipinski definition) is 2. The SMILES string of the molecule is Cn1c(=O)oc2cc(C(N)C3CC3C(=O)O)ccc21. The summed E-state index contributed by atoms with van der Waals surface area (Å²) in [7, 11) is 1.63. The van der Waals surface area contributed by atoms with E-state index in [1.807, 2.05) is 6.07 Å². The van der Waals surface area contributed by atoms with Gasteiger partial charge in [0.15, 0.2) is 5.58 Å². The van der Waals surface area contributed by atoms with E-state index >= 15 is 0 Å². The quantitative estimate of drug-likeness (QED) is 0.854. The van der Waals surface area contributed by atoms with Gasteiger partial charge in [-0.2, -0.15) is 0 Å². The molecule has 6 nitrogen and oxygen atoms in total. The minimum absolute atomic E-state index is 0.0367. The fourth-order valence-electron chi connectivity index (χ4n) is 2.50. The first kappa shape index (κ1) is 12.0. The van der Waals surface area contributed by atoms with Gasteiger partial charge in [0.05, 0.1) is 11.4 Å². The van der Waals surface area contributed by atoms with Crippen molar-refractivity contribution in [1.29, 1.82) is 0 Å². The van der Waals surface area contributed by atoms with Crippen LogP contribution in [0.3, 0.4) is 0 Å². The molecule has 100 valence electrons. The number of carbonyl (C=O) groups is 1. The average molecular weight is 262 g/mol. The molecule has 1 aliphatic rings. The standard InChI is InChI=1S/C13H14N2O4/c1-15-9-3-2-6(4-10(9)19-13(15)18)11(14)7-5-8(7)12(16)17/h2-4,7-8,11H,5,14H2,1H3,(H,16,17). The molecular formula is C13H14N2O4. The summed E-state index contributed by atoms with van der Waals surface area (Å²) >= 11 is 0. The summed E-state index contributed by atoms with van der Waals surface area (Å²) < 4.78 is 6.52. The number of aryl methyl sites for hydroxylation is 1. The van der Waals surface area contributed by atoms with Gasteiger partial charge < -0.3 is 15.3 Å². The number of nitrogens with two attached hydrogens (primary N) is 1. The Balaban J connectivity index is 1.94. The molecule has 6 heteroatoms. The van der Waals surface area contributed by atoms with Crippen molar-refractivity contribution in [3.63, 3.8) is 0 Å². The number of hydrogen-bond acceptors (Lipinski definition) is 4. The third kappa shape index (κ3) is 1.84. The Kier molecular flexibility index (Phi) is 2.50. The molecule has 2 aromatic rings. The van der Waals surface area contributed by atoms with Crippen molar-refractivity contribution in [3.05, 3.63) is 34.3 Å². The van der Waals surface area contributed by atoms with E-state index in [9.17, 15) is 9.59 Å². The molecule has 0 radical (unpaired) electrons. The van der Waals surface area contributed by atoms with Crippen LogP contribution in [0, 0.1) is 11.8 Å². The maximum Gasteiger partial charge on any atom is 0.419 e. The van der Waals surface area contributed by atoms with Crippen LogP contribution in [0.2, 0.25) is 0 Å². The number of aromatic nitrogens is 1. The van der Waals surface area contributed by atoms with Crippen molar-refractivity contribution < 1.29 is 14.3 Å². The predicted octanol–water partition coefficient (Wildman–Crippen LogP) is 0.852. The maximum absolute atomic E-state index is 11.4. The van der Waals surface area contributed by atoms with Crippen LogP contribution in [0.4, 0.5) is 0 Å². The van der Waals surface area contributed by atoms with Gasteiger partial charge in [0.25, 0.3) is 0 Å². The molecule has 3 N–H and O–H groups in total. The number of aliphatic carboxylic acids is 1. The van der Waals surface area contributed by atoms with E-state index < -0.39 is 11.7 Å². The summed E-state index contributed by atoms with van der Waals surface area (Å²) in [6.07, 6.45) is 0.604. The summed E-state index contributed by atoms with van der Waals surface area (Å²) in [5.74, 6) is -1.61. The molecular weight excluding hydrogens is 248 g/mol. The zero-order valence-electron chi connectivity index (χ0n) is 10.4. The lowest BCUT2D eigenvalue weighted by molar-refractivity contribution is -0.138. The first-order valence-electron chi connectivity index (χ1n) is 6.07. The summed E-state index contributed by atoms with van der Waals surface area (Å²) in [5, 5.41) is 8.91. The molecule has 1 aliphatic carbocycles. The van der Waals surface area contributed by atoms with Gasteiger partial charge >= 0.3 is 11.7 Å². The topological polar surface area (TPSA) is 98.5 Å². The van der Waals surface area contributed by atoms with Gasteiger partial charge in [-0.25, -0.2) is 4.79 Å². The van der Waals surface area contributed by atoms with E-state index in [-0.39, 0.29) is 17.9 Å². The molecule has 3 rings (SSSR count). The molecule has 19 heavy (non-hydrogen) atoms. The van der Waals surface area contributed by atoms with Crippen LogP contribution in [0.25, 0.3) is 11.1 Å². The minimum Gasteiger partial charge on any atom is -0.481 e. The number of rotatable bonds is 3. The van der Waals surface area contributed by atoms with Gasteiger partial charge in [-0.15, -0.1) is 0 Å². The first-order chi connectivity index (χ1) is 8.99. The van der Waals surface area contributed by atoms with Crippen LogP contribution in [0.5, 0.6) is 0 Å². The van der Waals surface area contributed by atoms with E-state index in [0.29, 0.717) is 17.5 Å². The van der Waals surface area contributed by atoms with Crippen LogP contribution in [-0.2, 0) is 11.8 Å². The molecule has 3 atom stereocenters. The third-order valence-electron chi connectivity index (χ3n) is 3.82. The average Bonchev–Trinajstić information content (AvgIpc) is 3.12. The lowest BCUT2D eigenvalue weighted by atomic mass is 10.0. The Hall–Kier alpha value is -2.08. The zero-order chi connectivity index (χ0) is 13.7. The Morgan fingerprint density at radius 2 is 2.32 bits per heavy atom. The fraction of sp³-hybridized carbons (Fsp3) is 0.385. The highest BCUT2D eigenvalue weighted by Crippen LogP contribution is 2.46. The Labute approximate surface area is 108 Å². The van der Waals surface area contributed by atoms with Crippen LogP contribution in [0.1, 0.15) is 18.0 Å². The molecule has 1 heterocycles. The highest BCUT2D eigenvalue weighted by Gasteiger charge is 2.47. The molecule has 0 aliphatic heterocycles. The van der Waals surface area contributed by atoms with Crippen molar-refractivity contribution in [2.75, 3.05) is 0 Å². The van der Waals surface area contributed by atoms with Gasteiger partial charge in [-0.05, 0) is 30.0 Å². The summed E-state index contributed by atoms with van der Waals surface area (Å²) in [6, 6.07) is 4.97. The maximum atomic E-state index is 11.4. The Morgan fingerprint density at radius 1 is 1.58 bits per heavy atom. The van der Waals surface area contributed by atoms with E-state index in [4.69, 9.17) is 15.3 Å². The van der Waals surface area contributed by atoms with Crippen LogP contribution in [-0.4, -0.2) is 15.6 Å². The predicted molar refractivity (Wildman–Crippen MR) is 67.6 cm³/mol. The van der Waals surface area contributed by atoms with Crippen molar-refractivity contribution in [1.82, 2.24) is 4.57 Å². The van der Waals surface area contributed by atoms with E-state index in [1.54, 1.807) is 19.2 Å². The summed E-state index contributed by atoms with van der Waals surface area (Å²) in [6.45, 7) is 0. The number of carboxylic acid groups (broad SMARTS) is 1. The van der Waals surface area contributed by atoms with Gasteiger partial charge in [-0.1, -0.05) is 6.07 Å². The third-order valence-corrected chi connectivity index (χ3v) is 3.82.